The van der Waals surface area contributed by atoms with E-state index < -0.39 is 0 Å². The van der Waals surface area contributed by atoms with Crippen molar-refractivity contribution in [1.29, 1.82) is 0 Å². The number of benzene rings is 1. The number of piperidine rings is 1. The molecule has 2 unspecified atom stereocenters. The SMILES string of the molecule is CCN1CCC(C(C)NC(C)c2ccccc2Cl)CC1. The van der Waals surface area contributed by atoms with Crippen LogP contribution in [0.3, 0.4) is 0 Å². The van der Waals surface area contributed by atoms with Gasteiger partial charge in [-0.05, 0) is 63.9 Å². The third-order valence-corrected chi connectivity index (χ3v) is 5.02. The predicted molar refractivity (Wildman–Crippen MR) is 87.3 cm³/mol. The van der Waals surface area contributed by atoms with E-state index in [2.05, 4.69) is 43.1 Å². The van der Waals surface area contributed by atoms with Gasteiger partial charge in [0.05, 0.1) is 0 Å². The topological polar surface area (TPSA) is 15.3 Å². The highest BCUT2D eigenvalue weighted by molar-refractivity contribution is 6.31. The van der Waals surface area contributed by atoms with Crippen LogP contribution in [-0.4, -0.2) is 30.6 Å². The van der Waals surface area contributed by atoms with Gasteiger partial charge in [0, 0.05) is 17.1 Å². The molecule has 2 rings (SSSR count). The van der Waals surface area contributed by atoms with Crippen molar-refractivity contribution in [2.24, 2.45) is 5.92 Å². The molecule has 0 spiro atoms. The molecule has 1 aliphatic heterocycles. The van der Waals surface area contributed by atoms with Crippen LogP contribution in [-0.2, 0) is 0 Å². The van der Waals surface area contributed by atoms with E-state index in [1.54, 1.807) is 0 Å². The highest BCUT2D eigenvalue weighted by atomic mass is 35.5. The normalized spacial score (nSPS) is 20.8. The van der Waals surface area contributed by atoms with Crippen LogP contribution < -0.4 is 5.32 Å². The maximum Gasteiger partial charge on any atom is 0.0453 e. The molecule has 1 aliphatic rings. The van der Waals surface area contributed by atoms with E-state index in [-0.39, 0.29) is 0 Å². The predicted octanol–water partition coefficient (Wildman–Crippen LogP) is 4.11. The fraction of sp³-hybridized carbons (Fsp3) is 0.647. The van der Waals surface area contributed by atoms with E-state index in [0.29, 0.717) is 12.1 Å². The Kier molecular flexibility index (Phi) is 5.88. The lowest BCUT2D eigenvalue weighted by Crippen LogP contribution is -2.42. The average Bonchev–Trinajstić information content (AvgIpc) is 2.47. The van der Waals surface area contributed by atoms with Gasteiger partial charge in [-0.3, -0.25) is 0 Å². The van der Waals surface area contributed by atoms with Gasteiger partial charge in [0.1, 0.15) is 0 Å². The summed E-state index contributed by atoms with van der Waals surface area (Å²) >= 11 is 6.28. The van der Waals surface area contributed by atoms with Crippen molar-refractivity contribution in [3.05, 3.63) is 34.9 Å². The quantitative estimate of drug-likeness (QED) is 0.879. The molecule has 112 valence electrons. The minimum absolute atomic E-state index is 0.308. The van der Waals surface area contributed by atoms with Crippen LogP contribution in [0.1, 0.15) is 45.2 Å². The van der Waals surface area contributed by atoms with Crippen molar-refractivity contribution >= 4 is 11.6 Å². The number of nitrogens with one attached hydrogen (secondary N) is 1. The van der Waals surface area contributed by atoms with Crippen LogP contribution in [0.2, 0.25) is 5.02 Å². The molecule has 0 aromatic heterocycles. The lowest BCUT2D eigenvalue weighted by molar-refractivity contribution is 0.165. The average molecular weight is 295 g/mol. The fourth-order valence-corrected chi connectivity index (χ4v) is 3.52. The van der Waals surface area contributed by atoms with Crippen molar-refractivity contribution in [2.45, 2.75) is 45.7 Å². The van der Waals surface area contributed by atoms with Gasteiger partial charge >= 0.3 is 0 Å². The lowest BCUT2D eigenvalue weighted by Gasteiger charge is -2.35. The number of hydrogen-bond acceptors (Lipinski definition) is 2. The van der Waals surface area contributed by atoms with Gasteiger partial charge in [-0.25, -0.2) is 0 Å². The van der Waals surface area contributed by atoms with Crippen LogP contribution in [0.5, 0.6) is 0 Å². The van der Waals surface area contributed by atoms with Crippen LogP contribution in [0.4, 0.5) is 0 Å². The van der Waals surface area contributed by atoms with E-state index in [0.717, 1.165) is 10.9 Å². The van der Waals surface area contributed by atoms with Crippen molar-refractivity contribution in [3.63, 3.8) is 0 Å². The van der Waals surface area contributed by atoms with Gasteiger partial charge in [-0.15, -0.1) is 0 Å². The van der Waals surface area contributed by atoms with Crippen molar-refractivity contribution in [1.82, 2.24) is 10.2 Å². The molecule has 0 aliphatic carbocycles. The van der Waals surface area contributed by atoms with Crippen molar-refractivity contribution in [2.75, 3.05) is 19.6 Å². The van der Waals surface area contributed by atoms with E-state index in [1.807, 2.05) is 12.1 Å². The first-order valence-corrected chi connectivity index (χ1v) is 8.22. The molecule has 1 heterocycles. The molecule has 1 N–H and O–H groups in total. The van der Waals surface area contributed by atoms with Crippen molar-refractivity contribution in [3.8, 4) is 0 Å². The Morgan fingerprint density at radius 1 is 1.25 bits per heavy atom. The van der Waals surface area contributed by atoms with Gasteiger partial charge in [0.25, 0.3) is 0 Å². The van der Waals surface area contributed by atoms with Gasteiger partial charge in [-0.1, -0.05) is 36.7 Å². The third kappa shape index (κ3) is 3.97. The maximum absolute atomic E-state index is 6.28. The molecule has 0 radical (unpaired) electrons. The molecule has 1 aromatic carbocycles. The first-order valence-electron chi connectivity index (χ1n) is 7.84. The van der Waals surface area contributed by atoms with E-state index >= 15 is 0 Å². The highest BCUT2D eigenvalue weighted by Crippen LogP contribution is 2.26. The summed E-state index contributed by atoms with van der Waals surface area (Å²) in [4.78, 5) is 2.54. The molecule has 0 bridgehead atoms. The standard InChI is InChI=1S/C17H27ClN2/c1-4-20-11-9-15(10-12-20)13(2)19-14(3)16-7-5-6-8-17(16)18/h5-8,13-15,19H,4,9-12H2,1-3H3. The summed E-state index contributed by atoms with van der Waals surface area (Å²) in [5.74, 6) is 0.780. The molecule has 2 atom stereocenters. The zero-order valence-electron chi connectivity index (χ0n) is 12.9. The minimum atomic E-state index is 0.308. The van der Waals surface area contributed by atoms with Crippen LogP contribution >= 0.6 is 11.6 Å². The van der Waals surface area contributed by atoms with E-state index in [9.17, 15) is 0 Å². The Balaban J connectivity index is 1.88. The number of hydrogen-bond donors (Lipinski definition) is 1. The molecule has 2 nitrogen and oxygen atoms in total. The van der Waals surface area contributed by atoms with E-state index in [4.69, 9.17) is 11.6 Å². The second-order valence-corrected chi connectivity index (χ2v) is 6.38. The summed E-state index contributed by atoms with van der Waals surface area (Å²) in [6.07, 6.45) is 2.61. The minimum Gasteiger partial charge on any atom is -0.307 e. The molecule has 1 fully saturated rings. The highest BCUT2D eigenvalue weighted by Gasteiger charge is 2.24. The molecule has 20 heavy (non-hydrogen) atoms. The van der Waals surface area contributed by atoms with Gasteiger partial charge in [0.15, 0.2) is 0 Å². The Bertz CT molecular complexity index is 413. The Morgan fingerprint density at radius 2 is 1.90 bits per heavy atom. The summed E-state index contributed by atoms with van der Waals surface area (Å²) in [5.41, 5.74) is 1.20. The van der Waals surface area contributed by atoms with Gasteiger partial charge < -0.3 is 10.2 Å². The van der Waals surface area contributed by atoms with Crippen LogP contribution in [0.25, 0.3) is 0 Å². The molecule has 0 amide bonds. The number of halogens is 1. The monoisotopic (exact) mass is 294 g/mol. The smallest absolute Gasteiger partial charge is 0.0453 e. The van der Waals surface area contributed by atoms with Crippen molar-refractivity contribution < 1.29 is 0 Å². The maximum atomic E-state index is 6.28. The molecule has 1 saturated heterocycles. The molecular formula is C17H27ClN2. The molecule has 1 aromatic rings. The second-order valence-electron chi connectivity index (χ2n) is 5.97. The number of nitrogens with zero attached hydrogens (tertiary/aromatic N) is 1. The van der Waals surface area contributed by atoms with E-state index in [1.165, 1.54) is 38.0 Å². The summed E-state index contributed by atoms with van der Waals surface area (Å²) in [6, 6.07) is 8.99. The zero-order chi connectivity index (χ0) is 14.5. The molecule has 0 saturated carbocycles. The lowest BCUT2D eigenvalue weighted by atomic mass is 9.89. The molecule has 3 heteroatoms. The summed E-state index contributed by atoms with van der Waals surface area (Å²) < 4.78 is 0. The third-order valence-electron chi connectivity index (χ3n) is 4.67. The summed E-state index contributed by atoms with van der Waals surface area (Å²) in [6.45, 7) is 10.5. The summed E-state index contributed by atoms with van der Waals surface area (Å²) in [5, 5.41) is 4.60. The summed E-state index contributed by atoms with van der Waals surface area (Å²) in [7, 11) is 0. The zero-order valence-corrected chi connectivity index (χ0v) is 13.7. The molecular weight excluding hydrogens is 268 g/mol. The van der Waals surface area contributed by atoms with Crippen LogP contribution in [0.15, 0.2) is 24.3 Å². The first-order chi connectivity index (χ1) is 9.61. The fourth-order valence-electron chi connectivity index (χ4n) is 3.22. The van der Waals surface area contributed by atoms with Crippen LogP contribution in [0, 0.1) is 5.92 Å². The number of rotatable bonds is 5. The van der Waals surface area contributed by atoms with Gasteiger partial charge in [0.2, 0.25) is 0 Å². The Hall–Kier alpha value is -0.570. The Labute approximate surface area is 128 Å². The largest absolute Gasteiger partial charge is 0.307 e. The number of likely N-dealkylation sites (tertiary alicyclic amines) is 1. The van der Waals surface area contributed by atoms with Gasteiger partial charge in [-0.2, -0.15) is 0 Å². The first kappa shape index (κ1) is 15.8. The second kappa shape index (κ2) is 7.44. The Morgan fingerprint density at radius 3 is 2.50 bits per heavy atom.